The van der Waals surface area contributed by atoms with Crippen molar-refractivity contribution in [3.8, 4) is 0 Å². The number of ether oxygens (including phenoxy) is 1. The van der Waals surface area contributed by atoms with E-state index < -0.39 is 0 Å². The maximum atomic E-state index is 9.82. The fourth-order valence-electron chi connectivity index (χ4n) is 2.13. The second kappa shape index (κ2) is 8.56. The van der Waals surface area contributed by atoms with Crippen molar-refractivity contribution in [2.75, 3.05) is 6.61 Å². The van der Waals surface area contributed by atoms with Crippen LogP contribution < -0.4 is 0 Å². The van der Waals surface area contributed by atoms with Crippen LogP contribution in [0.2, 0.25) is 0 Å². The van der Waals surface area contributed by atoms with E-state index >= 15 is 0 Å². The first kappa shape index (κ1) is 14.8. The van der Waals surface area contributed by atoms with Crippen LogP contribution >= 0.6 is 0 Å². The summed E-state index contributed by atoms with van der Waals surface area (Å²) in [5.74, 6) is 0.793. The Morgan fingerprint density at radius 2 is 1.90 bits per heavy atom. The van der Waals surface area contributed by atoms with Crippen LogP contribution in [-0.4, -0.2) is 17.8 Å². The highest BCUT2D eigenvalue weighted by Crippen LogP contribution is 2.09. The van der Waals surface area contributed by atoms with Crippen molar-refractivity contribution >= 4 is 0 Å². The third-order valence-corrected chi connectivity index (χ3v) is 3.23. The molecular weight excluding hydrogens is 252 g/mol. The normalized spacial score (nSPS) is 12.4. The molecule has 3 heteroatoms. The molecule has 1 aromatic carbocycles. The van der Waals surface area contributed by atoms with E-state index in [4.69, 9.17) is 9.15 Å². The summed E-state index contributed by atoms with van der Waals surface area (Å²) >= 11 is 0. The van der Waals surface area contributed by atoms with Crippen LogP contribution in [0.25, 0.3) is 0 Å². The molecule has 1 aromatic heterocycles. The van der Waals surface area contributed by atoms with E-state index in [1.165, 1.54) is 5.56 Å². The predicted octanol–water partition coefficient (Wildman–Crippen LogP) is 3.57. The molecule has 108 valence electrons. The van der Waals surface area contributed by atoms with E-state index in [-0.39, 0.29) is 6.10 Å². The van der Waals surface area contributed by atoms with Crippen molar-refractivity contribution in [1.29, 1.82) is 0 Å². The van der Waals surface area contributed by atoms with Crippen LogP contribution in [0.1, 0.15) is 30.6 Å². The Kier molecular flexibility index (Phi) is 6.35. The molecule has 0 aliphatic rings. The van der Waals surface area contributed by atoms with Gasteiger partial charge in [-0.2, -0.15) is 0 Å². The summed E-state index contributed by atoms with van der Waals surface area (Å²) in [6.07, 6.45) is 5.20. The molecular formula is C17H22O3. The fraction of sp³-hybridized carbons (Fsp3) is 0.412. The van der Waals surface area contributed by atoms with Crippen LogP contribution in [0, 0.1) is 0 Å². The average Bonchev–Trinajstić information content (AvgIpc) is 2.98. The Morgan fingerprint density at radius 3 is 2.65 bits per heavy atom. The van der Waals surface area contributed by atoms with Gasteiger partial charge < -0.3 is 14.3 Å². The minimum atomic E-state index is -0.388. The van der Waals surface area contributed by atoms with Crippen molar-refractivity contribution in [3.63, 3.8) is 0 Å². The summed E-state index contributed by atoms with van der Waals surface area (Å²) in [6, 6.07) is 14.1. The lowest BCUT2D eigenvalue weighted by atomic mass is 10.1. The molecule has 1 heterocycles. The van der Waals surface area contributed by atoms with E-state index in [9.17, 15) is 5.11 Å². The smallest absolute Gasteiger partial charge is 0.129 e. The van der Waals surface area contributed by atoms with Gasteiger partial charge in [-0.1, -0.05) is 36.8 Å². The van der Waals surface area contributed by atoms with Crippen LogP contribution in [0.3, 0.4) is 0 Å². The zero-order chi connectivity index (χ0) is 14.0. The number of hydrogen-bond donors (Lipinski definition) is 1. The highest BCUT2D eigenvalue weighted by atomic mass is 16.5. The van der Waals surface area contributed by atoms with E-state index in [1.807, 2.05) is 18.2 Å². The highest BCUT2D eigenvalue weighted by molar-refractivity contribution is 5.14. The SMILES string of the molecule is OC(CCCCc1ccccc1)COCc1ccco1. The third kappa shape index (κ3) is 5.59. The first-order valence-electron chi connectivity index (χ1n) is 7.17. The number of aliphatic hydroxyl groups is 1. The molecule has 1 unspecified atom stereocenters. The molecule has 0 aliphatic carbocycles. The molecule has 0 saturated heterocycles. The standard InChI is InChI=1S/C17H22O3/c18-16(13-19-14-17-11-6-12-20-17)10-5-4-9-15-7-2-1-3-8-15/h1-3,6-8,11-12,16,18H,4-5,9-10,13-14H2. The first-order chi connectivity index (χ1) is 9.84. The predicted molar refractivity (Wildman–Crippen MR) is 78.4 cm³/mol. The maximum Gasteiger partial charge on any atom is 0.129 e. The summed E-state index contributed by atoms with van der Waals surface area (Å²) in [7, 11) is 0. The van der Waals surface area contributed by atoms with Crippen molar-refractivity contribution in [2.45, 2.75) is 38.4 Å². The van der Waals surface area contributed by atoms with E-state index in [2.05, 4.69) is 24.3 Å². The number of hydrogen-bond acceptors (Lipinski definition) is 3. The summed E-state index contributed by atoms with van der Waals surface area (Å²) in [5, 5.41) is 9.82. The average molecular weight is 274 g/mol. The Balaban J connectivity index is 1.51. The minimum absolute atomic E-state index is 0.367. The van der Waals surface area contributed by atoms with Crippen LogP contribution in [-0.2, 0) is 17.8 Å². The van der Waals surface area contributed by atoms with Gasteiger partial charge in [0.2, 0.25) is 0 Å². The highest BCUT2D eigenvalue weighted by Gasteiger charge is 2.05. The molecule has 2 aromatic rings. The lowest BCUT2D eigenvalue weighted by molar-refractivity contribution is 0.0176. The number of benzene rings is 1. The molecule has 0 fully saturated rings. The zero-order valence-electron chi connectivity index (χ0n) is 11.7. The van der Waals surface area contributed by atoms with Crippen molar-refractivity contribution in [1.82, 2.24) is 0 Å². The van der Waals surface area contributed by atoms with Gasteiger partial charge in [-0.05, 0) is 37.0 Å². The van der Waals surface area contributed by atoms with Crippen LogP contribution in [0.4, 0.5) is 0 Å². The van der Waals surface area contributed by atoms with Gasteiger partial charge in [0.25, 0.3) is 0 Å². The molecule has 0 spiro atoms. The lowest BCUT2D eigenvalue weighted by Gasteiger charge is -2.10. The van der Waals surface area contributed by atoms with Crippen molar-refractivity contribution < 1.29 is 14.3 Å². The first-order valence-corrected chi connectivity index (χ1v) is 7.17. The number of aliphatic hydroxyl groups excluding tert-OH is 1. The zero-order valence-corrected chi connectivity index (χ0v) is 11.7. The van der Waals surface area contributed by atoms with E-state index in [0.29, 0.717) is 13.2 Å². The molecule has 2 rings (SSSR count). The Morgan fingerprint density at radius 1 is 1.05 bits per heavy atom. The summed E-state index contributed by atoms with van der Waals surface area (Å²) in [5.41, 5.74) is 1.36. The van der Waals surface area contributed by atoms with Gasteiger partial charge in [0, 0.05) is 0 Å². The molecule has 0 aliphatic heterocycles. The van der Waals surface area contributed by atoms with Gasteiger partial charge in [-0.25, -0.2) is 0 Å². The van der Waals surface area contributed by atoms with Gasteiger partial charge >= 0.3 is 0 Å². The number of aryl methyl sites for hydroxylation is 1. The Bertz CT molecular complexity index is 450. The number of furan rings is 1. The van der Waals surface area contributed by atoms with Crippen LogP contribution in [0.15, 0.2) is 53.1 Å². The van der Waals surface area contributed by atoms with Gasteiger partial charge in [0.05, 0.1) is 19.0 Å². The molecule has 1 atom stereocenters. The summed E-state index contributed by atoms with van der Waals surface area (Å²) in [6.45, 7) is 0.792. The van der Waals surface area contributed by atoms with Gasteiger partial charge in [0.1, 0.15) is 12.4 Å². The Hall–Kier alpha value is -1.58. The molecule has 0 saturated carbocycles. The number of rotatable bonds is 9. The van der Waals surface area contributed by atoms with E-state index in [0.717, 1.165) is 31.4 Å². The molecule has 0 radical (unpaired) electrons. The topological polar surface area (TPSA) is 42.6 Å². The fourth-order valence-corrected chi connectivity index (χ4v) is 2.13. The van der Waals surface area contributed by atoms with Crippen molar-refractivity contribution in [2.24, 2.45) is 0 Å². The largest absolute Gasteiger partial charge is 0.467 e. The molecule has 0 bridgehead atoms. The molecule has 0 amide bonds. The summed E-state index contributed by atoms with van der Waals surface area (Å²) in [4.78, 5) is 0. The second-order valence-electron chi connectivity index (χ2n) is 4.98. The molecule has 20 heavy (non-hydrogen) atoms. The van der Waals surface area contributed by atoms with Crippen molar-refractivity contribution in [3.05, 3.63) is 60.1 Å². The second-order valence-corrected chi connectivity index (χ2v) is 4.98. The quantitative estimate of drug-likeness (QED) is 0.711. The van der Waals surface area contributed by atoms with Gasteiger partial charge in [-0.3, -0.25) is 0 Å². The molecule has 3 nitrogen and oxygen atoms in total. The Labute approximate surface area is 120 Å². The molecule has 1 N–H and O–H groups in total. The minimum Gasteiger partial charge on any atom is -0.467 e. The monoisotopic (exact) mass is 274 g/mol. The third-order valence-electron chi connectivity index (χ3n) is 3.23. The van der Waals surface area contributed by atoms with E-state index in [1.54, 1.807) is 6.26 Å². The maximum absolute atomic E-state index is 9.82. The lowest BCUT2D eigenvalue weighted by Crippen LogP contribution is -2.15. The summed E-state index contributed by atoms with van der Waals surface area (Å²) < 4.78 is 10.6. The van der Waals surface area contributed by atoms with Gasteiger partial charge in [0.15, 0.2) is 0 Å². The number of unbranched alkanes of at least 4 members (excludes halogenated alkanes) is 1. The van der Waals surface area contributed by atoms with Crippen LogP contribution in [0.5, 0.6) is 0 Å². The van der Waals surface area contributed by atoms with Gasteiger partial charge in [-0.15, -0.1) is 0 Å².